The summed E-state index contributed by atoms with van der Waals surface area (Å²) in [6.07, 6.45) is 2.39. The largest absolute Gasteiger partial charge is 0.343 e. The normalized spacial score (nSPS) is 12.2. The van der Waals surface area contributed by atoms with Crippen molar-refractivity contribution < 1.29 is 4.79 Å². The van der Waals surface area contributed by atoms with Crippen molar-refractivity contribution in [2.75, 3.05) is 19.6 Å². The standard InChI is InChI=1S/C16H25ClN2O/c1-3-9-19(10-4-2)16(20)11-13(12-18)14-7-5-6-8-15(14)17/h5-8,13H,3-4,9-12,18H2,1-2H3. The number of benzene rings is 1. The highest BCUT2D eigenvalue weighted by atomic mass is 35.5. The van der Waals surface area contributed by atoms with Gasteiger partial charge in [-0.15, -0.1) is 0 Å². The molecule has 2 N–H and O–H groups in total. The first kappa shape index (κ1) is 17.0. The van der Waals surface area contributed by atoms with Crippen molar-refractivity contribution in [3.63, 3.8) is 0 Å². The van der Waals surface area contributed by atoms with Crippen LogP contribution >= 0.6 is 11.6 Å². The number of rotatable bonds is 8. The zero-order valence-electron chi connectivity index (χ0n) is 12.4. The van der Waals surface area contributed by atoms with E-state index in [4.69, 9.17) is 17.3 Å². The number of nitrogens with zero attached hydrogens (tertiary/aromatic N) is 1. The summed E-state index contributed by atoms with van der Waals surface area (Å²) in [4.78, 5) is 14.3. The quantitative estimate of drug-likeness (QED) is 0.799. The van der Waals surface area contributed by atoms with E-state index >= 15 is 0 Å². The van der Waals surface area contributed by atoms with Gasteiger partial charge in [0.2, 0.25) is 5.91 Å². The van der Waals surface area contributed by atoms with Crippen LogP contribution in [-0.4, -0.2) is 30.4 Å². The minimum absolute atomic E-state index is 0.00703. The number of carbonyl (C=O) groups excluding carboxylic acids is 1. The summed E-state index contributed by atoms with van der Waals surface area (Å²) in [6.45, 7) is 6.23. The molecule has 0 aliphatic carbocycles. The fourth-order valence-corrected chi connectivity index (χ4v) is 2.66. The van der Waals surface area contributed by atoms with Crippen molar-refractivity contribution in [3.8, 4) is 0 Å². The lowest BCUT2D eigenvalue weighted by Gasteiger charge is -2.24. The Hall–Kier alpha value is -1.06. The molecule has 1 rings (SSSR count). The minimum Gasteiger partial charge on any atom is -0.343 e. The SMILES string of the molecule is CCCN(CCC)C(=O)CC(CN)c1ccccc1Cl. The Morgan fingerprint density at radius 3 is 2.35 bits per heavy atom. The molecule has 1 amide bonds. The van der Waals surface area contributed by atoms with E-state index in [-0.39, 0.29) is 11.8 Å². The fraction of sp³-hybridized carbons (Fsp3) is 0.562. The molecule has 0 aliphatic heterocycles. The van der Waals surface area contributed by atoms with Crippen molar-refractivity contribution in [2.24, 2.45) is 5.73 Å². The highest BCUT2D eigenvalue weighted by Gasteiger charge is 2.20. The second kappa shape index (κ2) is 8.98. The maximum absolute atomic E-state index is 12.4. The van der Waals surface area contributed by atoms with Gasteiger partial charge in [0.25, 0.3) is 0 Å². The molecule has 0 saturated carbocycles. The molecule has 4 heteroatoms. The average molecular weight is 297 g/mol. The summed E-state index contributed by atoms with van der Waals surface area (Å²) >= 11 is 6.20. The third kappa shape index (κ3) is 4.80. The molecule has 0 bridgehead atoms. The Morgan fingerprint density at radius 2 is 1.85 bits per heavy atom. The number of carbonyl (C=O) groups is 1. The molecule has 0 fully saturated rings. The topological polar surface area (TPSA) is 46.3 Å². The maximum Gasteiger partial charge on any atom is 0.223 e. The van der Waals surface area contributed by atoms with Gasteiger partial charge < -0.3 is 10.6 Å². The molecular weight excluding hydrogens is 272 g/mol. The molecule has 3 nitrogen and oxygen atoms in total. The van der Waals surface area contributed by atoms with Crippen molar-refractivity contribution >= 4 is 17.5 Å². The van der Waals surface area contributed by atoms with Gasteiger partial charge >= 0.3 is 0 Å². The molecule has 0 aromatic heterocycles. The van der Waals surface area contributed by atoms with E-state index < -0.39 is 0 Å². The molecule has 1 aromatic rings. The summed E-state index contributed by atoms with van der Waals surface area (Å²) in [6, 6.07) is 7.63. The van der Waals surface area contributed by atoms with E-state index in [0.29, 0.717) is 18.0 Å². The lowest BCUT2D eigenvalue weighted by Crippen LogP contribution is -2.34. The predicted molar refractivity (Wildman–Crippen MR) is 85.0 cm³/mol. The second-order valence-electron chi connectivity index (χ2n) is 5.04. The van der Waals surface area contributed by atoms with Gasteiger partial charge in [0.15, 0.2) is 0 Å². The van der Waals surface area contributed by atoms with Crippen LogP contribution in [0.25, 0.3) is 0 Å². The number of halogens is 1. The van der Waals surface area contributed by atoms with E-state index in [2.05, 4.69) is 13.8 Å². The maximum atomic E-state index is 12.4. The summed E-state index contributed by atoms with van der Waals surface area (Å²) < 4.78 is 0. The number of nitrogens with two attached hydrogens (primary N) is 1. The van der Waals surface area contributed by atoms with Gasteiger partial charge in [0.1, 0.15) is 0 Å². The second-order valence-corrected chi connectivity index (χ2v) is 5.45. The van der Waals surface area contributed by atoms with Crippen LogP contribution in [0.3, 0.4) is 0 Å². The number of amides is 1. The third-order valence-corrected chi connectivity index (χ3v) is 3.73. The fourth-order valence-electron chi connectivity index (χ4n) is 2.37. The Morgan fingerprint density at radius 1 is 1.25 bits per heavy atom. The van der Waals surface area contributed by atoms with Crippen LogP contribution in [0.1, 0.15) is 44.6 Å². The van der Waals surface area contributed by atoms with Gasteiger partial charge in [-0.1, -0.05) is 43.6 Å². The van der Waals surface area contributed by atoms with Gasteiger partial charge in [0.05, 0.1) is 0 Å². The van der Waals surface area contributed by atoms with Crippen LogP contribution in [0.2, 0.25) is 5.02 Å². The van der Waals surface area contributed by atoms with Crippen molar-refractivity contribution in [3.05, 3.63) is 34.9 Å². The Labute approximate surface area is 127 Å². The molecule has 1 atom stereocenters. The smallest absolute Gasteiger partial charge is 0.223 e. The van der Waals surface area contributed by atoms with Gasteiger partial charge in [-0.2, -0.15) is 0 Å². The van der Waals surface area contributed by atoms with E-state index in [0.717, 1.165) is 31.5 Å². The zero-order valence-corrected chi connectivity index (χ0v) is 13.2. The van der Waals surface area contributed by atoms with Gasteiger partial charge in [-0.3, -0.25) is 4.79 Å². The van der Waals surface area contributed by atoms with E-state index in [1.807, 2.05) is 29.2 Å². The highest BCUT2D eigenvalue weighted by molar-refractivity contribution is 6.31. The predicted octanol–water partition coefficient (Wildman–Crippen LogP) is 3.42. The average Bonchev–Trinajstić information content (AvgIpc) is 2.45. The molecule has 0 aliphatic rings. The minimum atomic E-state index is -0.00703. The molecule has 0 heterocycles. The van der Waals surface area contributed by atoms with Crippen LogP contribution in [0.5, 0.6) is 0 Å². The summed E-state index contributed by atoms with van der Waals surface area (Å²) in [5.41, 5.74) is 6.81. The third-order valence-electron chi connectivity index (χ3n) is 3.39. The molecule has 0 radical (unpaired) electrons. The number of hydrogen-bond donors (Lipinski definition) is 1. The monoisotopic (exact) mass is 296 g/mol. The van der Waals surface area contributed by atoms with E-state index in [1.165, 1.54) is 0 Å². The summed E-state index contributed by atoms with van der Waals surface area (Å²) in [5.74, 6) is 0.163. The lowest BCUT2D eigenvalue weighted by atomic mass is 9.95. The Balaban J connectivity index is 2.77. The van der Waals surface area contributed by atoms with Crippen molar-refractivity contribution in [2.45, 2.75) is 39.0 Å². The molecular formula is C16H25ClN2O. The molecule has 20 heavy (non-hydrogen) atoms. The zero-order chi connectivity index (χ0) is 15.0. The van der Waals surface area contributed by atoms with Crippen molar-refractivity contribution in [1.29, 1.82) is 0 Å². The first-order chi connectivity index (χ1) is 9.63. The van der Waals surface area contributed by atoms with Gasteiger partial charge in [0, 0.05) is 30.5 Å². The molecule has 0 saturated heterocycles. The van der Waals surface area contributed by atoms with Crippen LogP contribution in [0, 0.1) is 0 Å². The summed E-state index contributed by atoms with van der Waals surface area (Å²) in [7, 11) is 0. The molecule has 0 spiro atoms. The van der Waals surface area contributed by atoms with Crippen LogP contribution in [0.15, 0.2) is 24.3 Å². The first-order valence-corrected chi connectivity index (χ1v) is 7.74. The Kier molecular flexibility index (Phi) is 7.63. The molecule has 1 aromatic carbocycles. The van der Waals surface area contributed by atoms with Crippen molar-refractivity contribution in [1.82, 2.24) is 4.90 Å². The Bertz CT molecular complexity index is 417. The van der Waals surface area contributed by atoms with E-state index in [1.54, 1.807) is 0 Å². The molecule has 1 unspecified atom stereocenters. The van der Waals surface area contributed by atoms with E-state index in [9.17, 15) is 4.79 Å². The van der Waals surface area contributed by atoms with Crippen LogP contribution in [0.4, 0.5) is 0 Å². The van der Waals surface area contributed by atoms with Crippen LogP contribution in [-0.2, 0) is 4.79 Å². The molecule has 112 valence electrons. The van der Waals surface area contributed by atoms with Gasteiger partial charge in [-0.05, 0) is 31.0 Å². The summed E-state index contributed by atoms with van der Waals surface area (Å²) in [5, 5.41) is 0.688. The lowest BCUT2D eigenvalue weighted by molar-refractivity contribution is -0.131. The number of hydrogen-bond acceptors (Lipinski definition) is 2. The van der Waals surface area contributed by atoms with Gasteiger partial charge in [-0.25, -0.2) is 0 Å². The highest BCUT2D eigenvalue weighted by Crippen LogP contribution is 2.26. The van der Waals surface area contributed by atoms with Crippen LogP contribution < -0.4 is 5.73 Å². The first-order valence-electron chi connectivity index (χ1n) is 7.36.